The minimum absolute atomic E-state index is 0.511. The Kier molecular flexibility index (Phi) is 9.45. The van der Waals surface area contributed by atoms with Crippen LogP contribution in [0.1, 0.15) is 41.4 Å². The Hall–Kier alpha value is -3.06. The molecule has 0 unspecified atom stereocenters. The lowest BCUT2D eigenvalue weighted by Crippen LogP contribution is -2.15. The molecule has 122 valence electrons. The SMILES string of the molecule is NN.NN.O=C(O)c1cc(C(=O)O)c(C(=O)O)cc1C(=O)O. The quantitative estimate of drug-likeness (QED) is 0.224. The van der Waals surface area contributed by atoms with E-state index in [1.165, 1.54) is 0 Å². The molecule has 12 heteroatoms. The third-order valence-corrected chi connectivity index (χ3v) is 2.08. The van der Waals surface area contributed by atoms with Crippen molar-refractivity contribution in [1.29, 1.82) is 0 Å². The molecule has 0 bridgehead atoms. The van der Waals surface area contributed by atoms with Crippen molar-refractivity contribution < 1.29 is 39.6 Å². The van der Waals surface area contributed by atoms with Gasteiger partial charge < -0.3 is 20.4 Å². The molecule has 12 N–H and O–H groups in total. The highest BCUT2D eigenvalue weighted by Gasteiger charge is 2.24. The van der Waals surface area contributed by atoms with Gasteiger partial charge in [-0.3, -0.25) is 23.4 Å². The lowest BCUT2D eigenvalue weighted by Gasteiger charge is -2.06. The van der Waals surface area contributed by atoms with Gasteiger partial charge in [0, 0.05) is 0 Å². The molecule has 1 aromatic rings. The van der Waals surface area contributed by atoms with Gasteiger partial charge in [-0.1, -0.05) is 0 Å². The van der Waals surface area contributed by atoms with Crippen molar-refractivity contribution in [3.05, 3.63) is 34.4 Å². The maximum Gasteiger partial charge on any atom is 0.336 e. The third-order valence-electron chi connectivity index (χ3n) is 2.08. The van der Waals surface area contributed by atoms with Gasteiger partial charge in [0.15, 0.2) is 0 Å². The fourth-order valence-corrected chi connectivity index (χ4v) is 1.31. The average Bonchev–Trinajstić information content (AvgIpc) is 2.49. The number of carboxylic acids is 4. The largest absolute Gasteiger partial charge is 0.478 e. The number of carboxylic acid groups (broad SMARTS) is 4. The first-order chi connectivity index (χ1) is 10.3. The minimum Gasteiger partial charge on any atom is -0.478 e. The summed E-state index contributed by atoms with van der Waals surface area (Å²) in [7, 11) is 0. The molecule has 0 heterocycles. The average molecular weight is 318 g/mol. The summed E-state index contributed by atoms with van der Waals surface area (Å²) in [6.07, 6.45) is 0. The van der Waals surface area contributed by atoms with Crippen LogP contribution >= 0.6 is 0 Å². The fraction of sp³-hybridized carbons (Fsp3) is 0. The summed E-state index contributed by atoms with van der Waals surface area (Å²) >= 11 is 0. The standard InChI is InChI=1S/C10H6O8.2H4N2/c11-7(12)3-1-4(8(13)14)6(10(17)18)2-5(3)9(15)16;2*1-2/h1-2H,(H,11,12)(H,13,14)(H,15,16)(H,17,18);2*1-2H2. The molecule has 0 spiro atoms. The topological polar surface area (TPSA) is 253 Å². The first-order valence-electron chi connectivity index (χ1n) is 5.03. The van der Waals surface area contributed by atoms with Crippen LogP contribution in [0.2, 0.25) is 0 Å². The van der Waals surface area contributed by atoms with E-state index >= 15 is 0 Å². The van der Waals surface area contributed by atoms with Crippen molar-refractivity contribution in [2.24, 2.45) is 23.4 Å². The van der Waals surface area contributed by atoms with Gasteiger partial charge in [0.2, 0.25) is 0 Å². The molecule has 12 nitrogen and oxygen atoms in total. The molecule has 0 saturated heterocycles. The summed E-state index contributed by atoms with van der Waals surface area (Å²) < 4.78 is 0. The van der Waals surface area contributed by atoms with Gasteiger partial charge in [0.05, 0.1) is 22.3 Å². The zero-order valence-corrected chi connectivity index (χ0v) is 10.9. The van der Waals surface area contributed by atoms with E-state index in [9.17, 15) is 19.2 Å². The van der Waals surface area contributed by atoms with Crippen molar-refractivity contribution in [2.75, 3.05) is 0 Å². The molecular formula is C10H14N4O8. The zero-order valence-electron chi connectivity index (χ0n) is 10.9. The maximum absolute atomic E-state index is 10.8. The first-order valence-corrected chi connectivity index (χ1v) is 5.03. The summed E-state index contributed by atoms with van der Waals surface area (Å²) in [5, 5.41) is 35.0. The van der Waals surface area contributed by atoms with E-state index in [1.807, 2.05) is 0 Å². The number of nitrogens with two attached hydrogens (primary N) is 4. The Morgan fingerprint density at radius 1 is 0.545 bits per heavy atom. The Labute approximate surface area is 122 Å². The number of rotatable bonds is 4. The molecule has 0 radical (unpaired) electrons. The number of aromatic carboxylic acids is 4. The molecule has 0 aliphatic carbocycles. The molecule has 0 saturated carbocycles. The predicted molar refractivity (Wildman–Crippen MR) is 71.0 cm³/mol. The third kappa shape index (κ3) is 5.14. The van der Waals surface area contributed by atoms with Crippen LogP contribution in [0.15, 0.2) is 12.1 Å². The molecular weight excluding hydrogens is 304 g/mol. The summed E-state index contributed by atoms with van der Waals surface area (Å²) in [5.74, 6) is 9.36. The van der Waals surface area contributed by atoms with Crippen LogP contribution in [-0.2, 0) is 0 Å². The van der Waals surface area contributed by atoms with E-state index in [2.05, 4.69) is 23.4 Å². The summed E-state index contributed by atoms with van der Waals surface area (Å²) in [6.45, 7) is 0. The number of carbonyl (C=O) groups is 4. The predicted octanol–water partition coefficient (Wildman–Crippen LogP) is -1.88. The summed E-state index contributed by atoms with van der Waals surface area (Å²) in [6, 6.07) is 1.02. The van der Waals surface area contributed by atoms with Crippen LogP contribution in [0.3, 0.4) is 0 Å². The number of hydrogen-bond donors (Lipinski definition) is 8. The second kappa shape index (κ2) is 9.78. The van der Waals surface area contributed by atoms with Crippen molar-refractivity contribution in [1.82, 2.24) is 0 Å². The molecule has 0 atom stereocenters. The second-order valence-corrected chi connectivity index (χ2v) is 3.16. The Morgan fingerprint density at radius 3 is 0.773 bits per heavy atom. The molecule has 0 amide bonds. The van der Waals surface area contributed by atoms with Crippen molar-refractivity contribution >= 4 is 23.9 Å². The van der Waals surface area contributed by atoms with Gasteiger partial charge in [0.25, 0.3) is 0 Å². The van der Waals surface area contributed by atoms with E-state index in [0.29, 0.717) is 12.1 Å². The molecule has 1 aromatic carbocycles. The van der Waals surface area contributed by atoms with Crippen LogP contribution in [0, 0.1) is 0 Å². The molecule has 0 aliphatic heterocycles. The lowest BCUT2D eigenvalue weighted by atomic mass is 9.98. The van der Waals surface area contributed by atoms with E-state index < -0.39 is 46.1 Å². The van der Waals surface area contributed by atoms with Gasteiger partial charge in [-0.15, -0.1) is 0 Å². The maximum atomic E-state index is 10.8. The fourth-order valence-electron chi connectivity index (χ4n) is 1.31. The van der Waals surface area contributed by atoms with E-state index in [0.717, 1.165) is 0 Å². The van der Waals surface area contributed by atoms with Gasteiger partial charge in [0.1, 0.15) is 0 Å². The second-order valence-electron chi connectivity index (χ2n) is 3.16. The minimum atomic E-state index is -1.66. The molecule has 0 fully saturated rings. The smallest absolute Gasteiger partial charge is 0.336 e. The highest BCUT2D eigenvalue weighted by Crippen LogP contribution is 2.18. The Balaban J connectivity index is 0. The van der Waals surface area contributed by atoms with Crippen LogP contribution in [0.5, 0.6) is 0 Å². The zero-order chi connectivity index (χ0) is 18.0. The van der Waals surface area contributed by atoms with E-state index in [1.54, 1.807) is 0 Å². The summed E-state index contributed by atoms with van der Waals surface area (Å²) in [5.41, 5.74) is -3.15. The molecule has 0 aliphatic rings. The van der Waals surface area contributed by atoms with Crippen LogP contribution < -0.4 is 23.4 Å². The van der Waals surface area contributed by atoms with Gasteiger partial charge in [-0.05, 0) is 12.1 Å². The number of benzene rings is 1. The van der Waals surface area contributed by atoms with Crippen molar-refractivity contribution in [2.45, 2.75) is 0 Å². The van der Waals surface area contributed by atoms with Gasteiger partial charge >= 0.3 is 23.9 Å². The molecule has 22 heavy (non-hydrogen) atoms. The number of hydrazine groups is 2. The lowest BCUT2D eigenvalue weighted by molar-refractivity contribution is 0.0637. The normalized spacial score (nSPS) is 8.55. The molecule has 1 rings (SSSR count). The molecule has 0 aromatic heterocycles. The van der Waals surface area contributed by atoms with Crippen LogP contribution in [0.4, 0.5) is 0 Å². The van der Waals surface area contributed by atoms with Crippen molar-refractivity contribution in [3.63, 3.8) is 0 Å². The van der Waals surface area contributed by atoms with Gasteiger partial charge in [-0.2, -0.15) is 0 Å². The van der Waals surface area contributed by atoms with Gasteiger partial charge in [-0.25, -0.2) is 19.2 Å². The Bertz CT molecular complexity index is 488. The van der Waals surface area contributed by atoms with Crippen molar-refractivity contribution in [3.8, 4) is 0 Å². The van der Waals surface area contributed by atoms with E-state index in [4.69, 9.17) is 20.4 Å². The van der Waals surface area contributed by atoms with Crippen LogP contribution in [0.25, 0.3) is 0 Å². The van der Waals surface area contributed by atoms with E-state index in [-0.39, 0.29) is 0 Å². The number of hydrogen-bond acceptors (Lipinski definition) is 8. The first kappa shape index (κ1) is 21.2. The summed E-state index contributed by atoms with van der Waals surface area (Å²) in [4.78, 5) is 43.1. The Morgan fingerprint density at radius 2 is 0.682 bits per heavy atom. The monoisotopic (exact) mass is 318 g/mol. The highest BCUT2D eigenvalue weighted by molar-refractivity contribution is 6.09. The van der Waals surface area contributed by atoms with Crippen LogP contribution in [-0.4, -0.2) is 44.3 Å². The highest BCUT2D eigenvalue weighted by atomic mass is 16.4.